The lowest BCUT2D eigenvalue weighted by Gasteiger charge is -2.56. The van der Waals surface area contributed by atoms with E-state index in [0.717, 1.165) is 19.3 Å². The van der Waals surface area contributed by atoms with Crippen molar-refractivity contribution in [3.8, 4) is 0 Å². The summed E-state index contributed by atoms with van der Waals surface area (Å²) in [6.45, 7) is 0. The number of ether oxygens (including phenoxy) is 2. The fourth-order valence-corrected chi connectivity index (χ4v) is 10.2. The molecule has 0 aromatic heterocycles. The average molecular weight is 489 g/mol. The van der Waals surface area contributed by atoms with Gasteiger partial charge in [0.1, 0.15) is 17.8 Å². The van der Waals surface area contributed by atoms with Gasteiger partial charge in [0.25, 0.3) is 0 Å². The van der Waals surface area contributed by atoms with E-state index in [2.05, 4.69) is 4.13 Å². The molecule has 12 heteroatoms. The molecule has 1 saturated heterocycles. The van der Waals surface area contributed by atoms with Crippen molar-refractivity contribution in [2.24, 2.45) is 41.4 Å². The second-order valence-electron chi connectivity index (χ2n) is 10.8. The number of carbonyl (C=O) groups is 2. The fraction of sp³-hybridized carbons (Fsp3) is 0.900. The molecule has 6 aliphatic carbocycles. The van der Waals surface area contributed by atoms with Crippen molar-refractivity contribution in [1.82, 2.24) is 0 Å². The van der Waals surface area contributed by atoms with Crippen LogP contribution in [0.3, 0.4) is 0 Å². The third-order valence-corrected chi connectivity index (χ3v) is 10.9. The van der Waals surface area contributed by atoms with E-state index in [9.17, 15) is 26.4 Å². The quantitative estimate of drug-likeness (QED) is 0.505. The zero-order chi connectivity index (χ0) is 22.6. The molecule has 32 heavy (non-hydrogen) atoms. The molecule has 0 aromatic carbocycles. The highest BCUT2D eigenvalue weighted by atomic mass is 32.3. The van der Waals surface area contributed by atoms with Crippen LogP contribution >= 0.6 is 0 Å². The zero-order valence-electron chi connectivity index (χ0n) is 17.6. The highest BCUT2D eigenvalue weighted by Gasteiger charge is 2.70. The third kappa shape index (κ3) is 3.32. The summed E-state index contributed by atoms with van der Waals surface area (Å²) >= 11 is 0. The summed E-state index contributed by atoms with van der Waals surface area (Å²) < 4.78 is 66.5. The normalized spacial score (nSPS) is 48.3. The molecule has 10 nitrogen and oxygen atoms in total. The lowest BCUT2D eigenvalue weighted by Crippen LogP contribution is -2.54. The van der Waals surface area contributed by atoms with Gasteiger partial charge < -0.3 is 13.6 Å². The molecule has 6 unspecified atom stereocenters. The Kier molecular flexibility index (Phi) is 4.44. The molecular weight excluding hydrogens is 462 g/mol. The fourth-order valence-electron chi connectivity index (χ4n) is 8.20. The summed E-state index contributed by atoms with van der Waals surface area (Å²) in [5, 5.41) is 0. The summed E-state index contributed by atoms with van der Waals surface area (Å²) in [7, 11) is -9.00. The molecule has 7 aliphatic rings. The summed E-state index contributed by atoms with van der Waals surface area (Å²) in [6.07, 6.45) is 5.20. The Morgan fingerprint density at radius 3 is 2.16 bits per heavy atom. The molecule has 1 aliphatic heterocycles. The van der Waals surface area contributed by atoms with Gasteiger partial charge >= 0.3 is 11.9 Å². The minimum atomic E-state index is -4.79. The van der Waals surface area contributed by atoms with E-state index in [0.29, 0.717) is 30.4 Å². The van der Waals surface area contributed by atoms with E-state index in [1.807, 2.05) is 0 Å². The van der Waals surface area contributed by atoms with Crippen LogP contribution in [0.2, 0.25) is 0 Å². The molecule has 7 rings (SSSR count). The Morgan fingerprint density at radius 2 is 1.59 bits per heavy atom. The Labute approximate surface area is 187 Å². The molecule has 0 radical (unpaired) electrons. The van der Waals surface area contributed by atoms with E-state index in [4.69, 9.17) is 13.7 Å². The molecule has 6 atom stereocenters. The Bertz CT molecular complexity index is 1050. The Hall–Kier alpha value is -1.24. The van der Waals surface area contributed by atoms with E-state index >= 15 is 0 Å². The van der Waals surface area contributed by atoms with Gasteiger partial charge in [-0.1, -0.05) is 0 Å². The number of carbonyl (C=O) groups excluding carboxylic acids is 2. The molecule has 178 valence electrons. The van der Waals surface area contributed by atoms with Gasteiger partial charge in [-0.25, -0.2) is 16.8 Å². The second-order valence-corrected chi connectivity index (χ2v) is 13.9. The summed E-state index contributed by atoms with van der Waals surface area (Å²) in [5.41, 5.74) is -0.483. The van der Waals surface area contributed by atoms with E-state index in [1.165, 1.54) is 19.3 Å². The number of hydrogen-bond donors (Lipinski definition) is 0. The van der Waals surface area contributed by atoms with Crippen LogP contribution in [0.4, 0.5) is 0 Å². The van der Waals surface area contributed by atoms with Crippen LogP contribution in [0.15, 0.2) is 0 Å². The van der Waals surface area contributed by atoms with Gasteiger partial charge in [0, 0.05) is 18.1 Å². The van der Waals surface area contributed by atoms with Gasteiger partial charge in [-0.15, -0.1) is 0 Å². The maximum absolute atomic E-state index is 13.4. The van der Waals surface area contributed by atoms with Gasteiger partial charge in [-0.2, -0.15) is 0 Å². The van der Waals surface area contributed by atoms with Crippen LogP contribution in [0.1, 0.15) is 44.9 Å². The minimum absolute atomic E-state index is 0.347. The molecule has 0 amide bonds. The van der Waals surface area contributed by atoms with Crippen molar-refractivity contribution < 1.29 is 40.1 Å². The Morgan fingerprint density at radius 1 is 1.00 bits per heavy atom. The minimum Gasteiger partial charge on any atom is -0.459 e. The molecule has 0 N–H and O–H groups in total. The van der Waals surface area contributed by atoms with Crippen LogP contribution < -0.4 is 0 Å². The highest BCUT2D eigenvalue weighted by molar-refractivity contribution is 8.09. The van der Waals surface area contributed by atoms with E-state index in [-0.39, 0.29) is 5.92 Å². The monoisotopic (exact) mass is 488 g/mol. The van der Waals surface area contributed by atoms with Gasteiger partial charge in [-0.3, -0.25) is 13.8 Å². The smallest absolute Gasteiger partial charge is 0.310 e. The molecule has 6 bridgehead atoms. The molecule has 1 heterocycles. The first-order valence-electron chi connectivity index (χ1n) is 11.2. The first-order valence-corrected chi connectivity index (χ1v) is 14.4. The second kappa shape index (κ2) is 6.67. The van der Waals surface area contributed by atoms with Gasteiger partial charge in [0.05, 0.1) is 21.9 Å². The number of hydrogen-bond acceptors (Lipinski definition) is 9. The topological polar surface area (TPSA) is 144 Å². The van der Waals surface area contributed by atoms with E-state index < -0.39 is 67.8 Å². The molecule has 0 aromatic rings. The molecule has 6 saturated carbocycles. The van der Waals surface area contributed by atoms with Gasteiger partial charge in [0.15, 0.2) is 0 Å². The van der Waals surface area contributed by atoms with E-state index in [1.54, 1.807) is 0 Å². The third-order valence-electron chi connectivity index (χ3n) is 8.58. The van der Waals surface area contributed by atoms with Crippen molar-refractivity contribution in [2.75, 3.05) is 6.26 Å². The standard InChI is InChI=1S/C20H26NO9S2/c1-31(24,25)21-32(26,27)30-17-13-5-12-14(18(22)28-16(12)17)15(13)19(23)29-20-6-9-2-10(7-20)4-11(3-9)8-20/h9-17H,2-8H2,1H3/q-1. The van der Waals surface area contributed by atoms with Crippen molar-refractivity contribution in [1.29, 1.82) is 0 Å². The van der Waals surface area contributed by atoms with Crippen LogP contribution in [-0.2, 0) is 43.6 Å². The SMILES string of the molecule is CS(=O)(=O)[N-]S(=O)(=O)OC1C2CC3C1OC(=O)C3C2C(=O)OC12CC3CC(CC(C3)C1)C2. The maximum atomic E-state index is 13.4. The lowest BCUT2D eigenvalue weighted by atomic mass is 9.54. The van der Waals surface area contributed by atoms with Crippen LogP contribution in [0, 0.1) is 41.4 Å². The maximum Gasteiger partial charge on any atom is 0.310 e. The predicted molar refractivity (Wildman–Crippen MR) is 107 cm³/mol. The lowest BCUT2D eigenvalue weighted by molar-refractivity contribution is -0.195. The number of fused-ring (bicyclic) bond motifs is 1. The van der Waals surface area contributed by atoms with Crippen LogP contribution in [0.5, 0.6) is 0 Å². The summed E-state index contributed by atoms with van der Waals surface area (Å²) in [6, 6.07) is 0. The average Bonchev–Trinajstić information content (AvgIpc) is 3.21. The number of rotatable bonds is 6. The van der Waals surface area contributed by atoms with Gasteiger partial charge in [-0.05, 0) is 62.7 Å². The first kappa shape index (κ1) is 21.3. The first-order chi connectivity index (χ1) is 14.9. The van der Waals surface area contributed by atoms with Gasteiger partial charge in [0.2, 0.25) is 10.3 Å². The molecule has 0 spiro atoms. The molecule has 7 fully saturated rings. The van der Waals surface area contributed by atoms with Crippen molar-refractivity contribution in [3.63, 3.8) is 0 Å². The summed E-state index contributed by atoms with van der Waals surface area (Å²) in [4.78, 5) is 26.0. The number of esters is 2. The predicted octanol–water partition coefficient (Wildman–Crippen LogP) is 1.27. The van der Waals surface area contributed by atoms with Crippen LogP contribution in [-0.4, -0.2) is 52.8 Å². The largest absolute Gasteiger partial charge is 0.459 e. The highest BCUT2D eigenvalue weighted by Crippen LogP contribution is 2.61. The molecular formula is C20H26NO9S2-. The zero-order valence-corrected chi connectivity index (χ0v) is 19.2. The number of sulfonamides is 1. The van der Waals surface area contributed by atoms with Crippen molar-refractivity contribution >= 4 is 32.3 Å². The Balaban J connectivity index is 1.24. The van der Waals surface area contributed by atoms with Crippen LogP contribution in [0.25, 0.3) is 4.13 Å². The van der Waals surface area contributed by atoms with Crippen molar-refractivity contribution in [3.05, 3.63) is 4.13 Å². The van der Waals surface area contributed by atoms with Crippen molar-refractivity contribution in [2.45, 2.75) is 62.8 Å². The summed E-state index contributed by atoms with van der Waals surface area (Å²) in [5.74, 6) is -1.76. The number of nitrogens with zero attached hydrogens (tertiary/aromatic N) is 1.